The first kappa shape index (κ1) is 18.0. The zero-order valence-corrected chi connectivity index (χ0v) is 14.5. The molecule has 0 aromatic carbocycles. The van der Waals surface area contributed by atoms with Gasteiger partial charge in [-0.2, -0.15) is 0 Å². The molecule has 0 aliphatic carbocycles. The van der Waals surface area contributed by atoms with Gasteiger partial charge >= 0.3 is 12.1 Å². The summed E-state index contributed by atoms with van der Waals surface area (Å²) in [5.74, 6) is -0.148. The largest absolute Gasteiger partial charge is 0.461 e. The fourth-order valence-electron chi connectivity index (χ4n) is 2.43. The van der Waals surface area contributed by atoms with Crippen LogP contribution < -0.4 is 5.73 Å². The Labute approximate surface area is 141 Å². The first-order chi connectivity index (χ1) is 11.2. The van der Waals surface area contributed by atoms with Crippen molar-refractivity contribution in [3.05, 3.63) is 17.7 Å². The molecule has 1 amide bonds. The van der Waals surface area contributed by atoms with Crippen LogP contribution in [0.25, 0.3) is 0 Å². The molecule has 1 aliphatic heterocycles. The molecule has 1 unspecified atom stereocenters. The van der Waals surface area contributed by atoms with Crippen LogP contribution in [0.2, 0.25) is 0 Å². The fourth-order valence-corrected chi connectivity index (χ4v) is 2.43. The van der Waals surface area contributed by atoms with E-state index >= 15 is 0 Å². The van der Waals surface area contributed by atoms with Crippen molar-refractivity contribution in [3.63, 3.8) is 0 Å². The summed E-state index contributed by atoms with van der Waals surface area (Å²) < 4.78 is 10.3. The summed E-state index contributed by atoms with van der Waals surface area (Å²) in [6.07, 6.45) is 1.75. The van der Waals surface area contributed by atoms with Crippen molar-refractivity contribution in [2.75, 3.05) is 25.4 Å². The molecule has 0 radical (unpaired) electrons. The van der Waals surface area contributed by atoms with E-state index in [1.54, 1.807) is 11.8 Å². The molecule has 0 saturated carbocycles. The van der Waals surface area contributed by atoms with Gasteiger partial charge in [0.05, 0.1) is 18.5 Å². The van der Waals surface area contributed by atoms with E-state index in [1.165, 1.54) is 6.20 Å². The van der Waals surface area contributed by atoms with Gasteiger partial charge in [0, 0.05) is 19.0 Å². The smallest absolute Gasteiger partial charge is 0.410 e. The van der Waals surface area contributed by atoms with E-state index in [4.69, 9.17) is 15.2 Å². The van der Waals surface area contributed by atoms with Crippen molar-refractivity contribution >= 4 is 17.7 Å². The molecule has 2 N–H and O–H groups in total. The normalized spacial score (nSPS) is 17.7. The lowest BCUT2D eigenvalue weighted by molar-refractivity contribution is 0.0291. The van der Waals surface area contributed by atoms with Crippen molar-refractivity contribution in [1.29, 1.82) is 0 Å². The molecule has 24 heavy (non-hydrogen) atoms. The molecule has 1 aromatic heterocycles. The number of aromatic nitrogens is 2. The highest BCUT2D eigenvalue weighted by molar-refractivity contribution is 5.92. The molecular weight excluding hydrogens is 312 g/mol. The standard InChI is InChI=1S/C16H24N4O4/c1-5-23-14(21)12-11(17)8-18-13(19-12)10-6-7-20(9-10)15(22)24-16(2,3)4/h8,10H,5-7,9,17H2,1-4H3. The van der Waals surface area contributed by atoms with Crippen molar-refractivity contribution in [2.24, 2.45) is 0 Å². The summed E-state index contributed by atoms with van der Waals surface area (Å²) >= 11 is 0. The van der Waals surface area contributed by atoms with E-state index in [0.717, 1.165) is 0 Å². The predicted octanol–water partition coefficient (Wildman–Crippen LogP) is 1.96. The molecule has 8 nitrogen and oxygen atoms in total. The lowest BCUT2D eigenvalue weighted by Gasteiger charge is -2.24. The Balaban J connectivity index is 2.09. The number of anilines is 1. The predicted molar refractivity (Wildman–Crippen MR) is 87.6 cm³/mol. The topological polar surface area (TPSA) is 108 Å². The van der Waals surface area contributed by atoms with Gasteiger partial charge in [0.15, 0.2) is 5.69 Å². The van der Waals surface area contributed by atoms with Gasteiger partial charge in [-0.15, -0.1) is 0 Å². The van der Waals surface area contributed by atoms with Gasteiger partial charge in [0.1, 0.15) is 11.4 Å². The maximum atomic E-state index is 12.1. The van der Waals surface area contributed by atoms with Crippen LogP contribution >= 0.6 is 0 Å². The third kappa shape index (κ3) is 4.33. The Morgan fingerprint density at radius 1 is 1.42 bits per heavy atom. The van der Waals surface area contributed by atoms with Gasteiger partial charge in [0.25, 0.3) is 0 Å². The molecular formula is C16H24N4O4. The summed E-state index contributed by atoms with van der Waals surface area (Å²) in [4.78, 5) is 34.1. The zero-order chi connectivity index (χ0) is 17.9. The molecule has 2 rings (SSSR count). The van der Waals surface area contributed by atoms with Crippen LogP contribution in [0.15, 0.2) is 6.20 Å². The van der Waals surface area contributed by atoms with E-state index < -0.39 is 11.6 Å². The van der Waals surface area contributed by atoms with Crippen LogP contribution in [-0.2, 0) is 9.47 Å². The minimum Gasteiger partial charge on any atom is -0.461 e. The number of hydrogen-bond donors (Lipinski definition) is 1. The third-order valence-corrected chi connectivity index (χ3v) is 3.51. The van der Waals surface area contributed by atoms with E-state index in [2.05, 4.69) is 9.97 Å². The van der Waals surface area contributed by atoms with E-state index in [9.17, 15) is 9.59 Å². The summed E-state index contributed by atoms with van der Waals surface area (Å²) in [5.41, 5.74) is 5.46. The number of amides is 1. The van der Waals surface area contributed by atoms with Gasteiger partial charge in [-0.1, -0.05) is 0 Å². The average Bonchev–Trinajstić information content (AvgIpc) is 2.96. The lowest BCUT2D eigenvalue weighted by Crippen LogP contribution is -2.35. The van der Waals surface area contributed by atoms with Crippen LogP contribution in [0.5, 0.6) is 0 Å². The molecule has 1 fully saturated rings. The molecule has 8 heteroatoms. The first-order valence-corrected chi connectivity index (χ1v) is 7.98. The molecule has 0 bridgehead atoms. The number of ether oxygens (including phenoxy) is 2. The Kier molecular flexibility index (Phi) is 5.26. The molecule has 1 aliphatic rings. The van der Waals surface area contributed by atoms with Gasteiger partial charge in [0.2, 0.25) is 0 Å². The fraction of sp³-hybridized carbons (Fsp3) is 0.625. The number of hydrogen-bond acceptors (Lipinski definition) is 7. The first-order valence-electron chi connectivity index (χ1n) is 7.98. The Bertz CT molecular complexity index is 627. The average molecular weight is 336 g/mol. The number of rotatable bonds is 3. The van der Waals surface area contributed by atoms with Crippen molar-refractivity contribution < 1.29 is 19.1 Å². The van der Waals surface area contributed by atoms with Crippen LogP contribution in [0.4, 0.5) is 10.5 Å². The van der Waals surface area contributed by atoms with Gasteiger partial charge in [-0.25, -0.2) is 19.6 Å². The maximum absolute atomic E-state index is 12.1. The van der Waals surface area contributed by atoms with Gasteiger partial charge < -0.3 is 20.1 Å². The van der Waals surface area contributed by atoms with Crippen molar-refractivity contribution in [2.45, 2.75) is 45.6 Å². The number of carbonyl (C=O) groups is 2. The summed E-state index contributed by atoms with van der Waals surface area (Å²) in [6, 6.07) is 0. The molecule has 1 atom stereocenters. The van der Waals surface area contributed by atoms with Crippen LogP contribution in [0, 0.1) is 0 Å². The summed E-state index contributed by atoms with van der Waals surface area (Å²) in [7, 11) is 0. The molecule has 2 heterocycles. The monoisotopic (exact) mass is 336 g/mol. The SMILES string of the molecule is CCOC(=O)c1nc(C2CCN(C(=O)OC(C)(C)C)C2)ncc1N. The Morgan fingerprint density at radius 2 is 2.12 bits per heavy atom. The lowest BCUT2D eigenvalue weighted by atomic mass is 10.1. The second-order valence-corrected chi connectivity index (χ2v) is 6.66. The maximum Gasteiger partial charge on any atom is 0.410 e. The minimum atomic E-state index is -0.569. The Hall–Kier alpha value is -2.38. The van der Waals surface area contributed by atoms with Crippen LogP contribution in [-0.4, -0.2) is 52.2 Å². The van der Waals surface area contributed by atoms with Crippen LogP contribution in [0.3, 0.4) is 0 Å². The van der Waals surface area contributed by atoms with E-state index in [-0.39, 0.29) is 30.0 Å². The number of carbonyl (C=O) groups excluding carboxylic acids is 2. The molecule has 1 saturated heterocycles. The summed E-state index contributed by atoms with van der Waals surface area (Å²) in [6.45, 7) is 8.44. The molecule has 132 valence electrons. The van der Waals surface area contributed by atoms with Gasteiger partial charge in [-0.05, 0) is 34.1 Å². The van der Waals surface area contributed by atoms with Crippen LogP contribution in [0.1, 0.15) is 56.3 Å². The number of nitrogens with zero attached hydrogens (tertiary/aromatic N) is 3. The molecule has 0 spiro atoms. The van der Waals surface area contributed by atoms with E-state index in [1.807, 2.05) is 20.8 Å². The number of esters is 1. The molecule has 1 aromatic rings. The highest BCUT2D eigenvalue weighted by Gasteiger charge is 2.32. The quantitative estimate of drug-likeness (QED) is 0.841. The Morgan fingerprint density at radius 3 is 2.75 bits per heavy atom. The zero-order valence-electron chi connectivity index (χ0n) is 14.5. The summed E-state index contributed by atoms with van der Waals surface area (Å²) in [5, 5.41) is 0. The van der Waals surface area contributed by atoms with Crippen molar-refractivity contribution in [3.8, 4) is 0 Å². The second kappa shape index (κ2) is 7.02. The van der Waals surface area contributed by atoms with Gasteiger partial charge in [-0.3, -0.25) is 0 Å². The van der Waals surface area contributed by atoms with Crippen molar-refractivity contribution in [1.82, 2.24) is 14.9 Å². The second-order valence-electron chi connectivity index (χ2n) is 6.66. The highest BCUT2D eigenvalue weighted by atomic mass is 16.6. The highest BCUT2D eigenvalue weighted by Crippen LogP contribution is 2.27. The number of nitrogens with two attached hydrogens (primary N) is 1. The minimum absolute atomic E-state index is 0.0636. The number of nitrogen functional groups attached to an aromatic ring is 1. The third-order valence-electron chi connectivity index (χ3n) is 3.51. The van der Waals surface area contributed by atoms with E-state index in [0.29, 0.717) is 25.3 Å². The number of likely N-dealkylation sites (tertiary alicyclic amines) is 1.